The third kappa shape index (κ3) is 7.67. The maximum Gasteiger partial charge on any atom is 0.352 e. The van der Waals surface area contributed by atoms with Gasteiger partial charge in [0, 0.05) is 53.5 Å². The van der Waals surface area contributed by atoms with Crippen molar-refractivity contribution < 1.29 is 58.6 Å². The van der Waals surface area contributed by atoms with E-state index in [4.69, 9.17) is 27.0 Å². The minimum absolute atomic E-state index is 0.00717. The lowest BCUT2D eigenvalue weighted by Gasteiger charge is -2.56. The van der Waals surface area contributed by atoms with Gasteiger partial charge in [0.2, 0.25) is 5.60 Å². The number of β-lactam (4-membered cyclic amide) rings is 1. The number of quaternary nitrogens is 1. The molecule has 300 valence electrons. The fourth-order valence-corrected chi connectivity index (χ4v) is 9.38. The zero-order chi connectivity index (χ0) is 40.7. The van der Waals surface area contributed by atoms with Crippen LogP contribution >= 0.6 is 34.7 Å². The van der Waals surface area contributed by atoms with E-state index in [1.165, 1.54) is 55.1 Å². The van der Waals surface area contributed by atoms with Crippen molar-refractivity contribution in [1.82, 2.24) is 20.5 Å². The average Bonchev–Trinajstić information content (AvgIpc) is 3.60. The maximum atomic E-state index is 13.5. The molecule has 8 N–H and O–H groups in total. The molecule has 2 atom stereocenters. The summed E-state index contributed by atoms with van der Waals surface area (Å²) in [4.78, 5) is 79.8. The van der Waals surface area contributed by atoms with E-state index in [0.29, 0.717) is 48.5 Å². The maximum absolute atomic E-state index is 13.5. The number of benzene rings is 1. The number of oxime groups is 2. The van der Waals surface area contributed by atoms with Gasteiger partial charge in [-0.15, -0.1) is 23.1 Å². The number of thioether (sulfide) groups is 1. The first-order valence-electron chi connectivity index (χ1n) is 17.3. The van der Waals surface area contributed by atoms with Crippen molar-refractivity contribution in [2.45, 2.75) is 50.1 Å². The third-order valence-corrected chi connectivity index (χ3v) is 13.0. The number of hydrogen-bond donors (Lipinski definition) is 7. The summed E-state index contributed by atoms with van der Waals surface area (Å²) in [6, 6.07) is 1.44. The number of nitrogens with one attached hydrogen (secondary N) is 2. The van der Waals surface area contributed by atoms with Gasteiger partial charge in [-0.05, 0) is 26.0 Å². The molecule has 2 bridgehead atoms. The smallest absolute Gasteiger partial charge is 0.352 e. The predicted molar refractivity (Wildman–Crippen MR) is 203 cm³/mol. The lowest BCUT2D eigenvalue weighted by atomic mass is 9.70. The molecule has 7 rings (SSSR count). The minimum Gasteiger partial charge on any atom is -0.504 e. The van der Waals surface area contributed by atoms with Crippen LogP contribution in [0.4, 0.5) is 5.13 Å². The molecule has 4 saturated heterocycles. The second-order valence-corrected chi connectivity index (χ2v) is 16.9. The fraction of sp³-hybridized carbons (Fsp3) is 0.471. The predicted octanol–water partition coefficient (Wildman–Crippen LogP) is 1.28. The number of thiazole rings is 1. The summed E-state index contributed by atoms with van der Waals surface area (Å²) in [7, 11) is 1.27. The van der Waals surface area contributed by atoms with Crippen LogP contribution in [0.25, 0.3) is 0 Å². The lowest BCUT2D eigenvalue weighted by molar-refractivity contribution is -0.941. The Morgan fingerprint density at radius 1 is 1.11 bits per heavy atom. The molecule has 0 radical (unpaired) electrons. The molecular weight excluding hydrogens is 796 g/mol. The Balaban J connectivity index is 1.11. The van der Waals surface area contributed by atoms with Crippen LogP contribution in [0.3, 0.4) is 0 Å². The number of aromatic nitrogens is 1. The van der Waals surface area contributed by atoms with Crippen LogP contribution in [0, 0.1) is 5.41 Å². The number of carbonyl (C=O) groups excluding carboxylic acids is 3. The molecule has 0 aliphatic carbocycles. The van der Waals surface area contributed by atoms with E-state index in [1.807, 2.05) is 0 Å². The van der Waals surface area contributed by atoms with Crippen molar-refractivity contribution in [3.05, 3.63) is 45.1 Å². The number of hydrogen-bond acceptors (Lipinski definition) is 15. The van der Waals surface area contributed by atoms with Crippen molar-refractivity contribution in [2.75, 3.05) is 51.3 Å². The molecule has 1 aromatic carbocycles. The lowest BCUT2D eigenvalue weighted by Crippen LogP contribution is -2.71. The second kappa shape index (κ2) is 15.4. The molecule has 19 nitrogen and oxygen atoms in total. The zero-order valence-electron chi connectivity index (χ0n) is 30.4. The number of nitrogens with two attached hydrogens (primary N) is 1. The molecule has 4 fully saturated rings. The van der Waals surface area contributed by atoms with Crippen molar-refractivity contribution in [2.24, 2.45) is 15.7 Å². The third-order valence-electron chi connectivity index (χ3n) is 10.6. The number of fused-ring (bicyclic) bond motifs is 4. The van der Waals surface area contributed by atoms with Gasteiger partial charge in [-0.2, -0.15) is 0 Å². The quantitative estimate of drug-likeness (QED) is 0.0465. The number of rotatable bonds is 14. The summed E-state index contributed by atoms with van der Waals surface area (Å²) in [5.41, 5.74) is 3.75. The van der Waals surface area contributed by atoms with E-state index in [-0.39, 0.29) is 38.2 Å². The van der Waals surface area contributed by atoms with Crippen LogP contribution in [0.2, 0.25) is 5.02 Å². The van der Waals surface area contributed by atoms with Crippen LogP contribution in [0.15, 0.2) is 39.1 Å². The van der Waals surface area contributed by atoms with Gasteiger partial charge >= 0.3 is 11.9 Å². The molecule has 56 heavy (non-hydrogen) atoms. The van der Waals surface area contributed by atoms with E-state index in [1.54, 1.807) is 0 Å². The standard InChI is InChI=1S/C34H39ClN8O11S2/c1-33(2,31(51)52)54-41-22(18-14-56-32(36)38-18)27(47)39-23-28(48)42-24(30(49)50)16(13-55-29(23)42)12-43-9-6-34(7-10-43,8-11-43)15-37-26(46)21(40-53-3)17-4-5-19(44)25(45)20(17)35/h4-5,14,23,29H,6-13,15H2,1-3H3,(H7-,36,37,38,39,40,41,44,45,46,47,49,50,51,52)/p+1/t23-,29-,34?,43?/m1/s1. The molecule has 0 spiro atoms. The van der Waals surface area contributed by atoms with E-state index in [2.05, 4.69) is 25.9 Å². The Labute approximate surface area is 332 Å². The number of nitrogens with zero attached hydrogens (tertiary/aromatic N) is 5. The number of piperidine rings is 3. The summed E-state index contributed by atoms with van der Waals surface area (Å²) in [6.07, 6.45) is 2.23. The number of aliphatic carboxylic acids is 2. The molecular formula is C34H40ClN8O11S2+. The Hall–Kier alpha value is -5.12. The zero-order valence-corrected chi connectivity index (χ0v) is 32.8. The van der Waals surface area contributed by atoms with Crippen molar-refractivity contribution in [1.29, 1.82) is 0 Å². The highest BCUT2D eigenvalue weighted by Crippen LogP contribution is 2.46. The molecule has 5 aliphatic heterocycles. The van der Waals surface area contributed by atoms with Crippen LogP contribution in [0.1, 0.15) is 44.4 Å². The molecule has 6 heterocycles. The molecule has 2 aromatic rings. The Kier molecular flexibility index (Phi) is 11.2. The largest absolute Gasteiger partial charge is 0.504 e. The SMILES string of the molecule is CO/N=C(\C(=O)NCC12CC[N+](CC3=C(C(=O)O)N4C(=O)[C@@H](NC(=O)/C(=N\OC(C)(C)C(=O)O)c5csc(N)n5)[C@H]4SC3)(CC1)CC2)c1ccc(O)c(O)c1Cl. The molecule has 22 heteroatoms. The number of carboxylic acid groups (broad SMARTS) is 2. The number of phenolic OH excluding ortho intramolecular Hbond substituents is 2. The Morgan fingerprint density at radius 2 is 1.79 bits per heavy atom. The van der Waals surface area contributed by atoms with E-state index < -0.39 is 63.9 Å². The van der Waals surface area contributed by atoms with Crippen LogP contribution in [-0.2, 0) is 33.6 Å². The van der Waals surface area contributed by atoms with Gasteiger partial charge in [-0.1, -0.05) is 21.9 Å². The molecule has 0 unspecified atom stereocenters. The van der Waals surface area contributed by atoms with Gasteiger partial charge in [0.05, 0.1) is 24.7 Å². The summed E-state index contributed by atoms with van der Waals surface area (Å²) >= 11 is 8.53. The highest BCUT2D eigenvalue weighted by atomic mass is 35.5. The number of carbonyl (C=O) groups is 5. The summed E-state index contributed by atoms with van der Waals surface area (Å²) in [5, 5.41) is 53.3. The van der Waals surface area contributed by atoms with Gasteiger partial charge in [-0.25, -0.2) is 14.6 Å². The van der Waals surface area contributed by atoms with Crippen LogP contribution < -0.4 is 16.4 Å². The van der Waals surface area contributed by atoms with Gasteiger partial charge in [-0.3, -0.25) is 19.3 Å². The van der Waals surface area contributed by atoms with Gasteiger partial charge in [0.1, 0.15) is 36.5 Å². The summed E-state index contributed by atoms with van der Waals surface area (Å²) in [5.74, 6) is -5.40. The van der Waals surface area contributed by atoms with Crippen LogP contribution in [0.5, 0.6) is 11.5 Å². The van der Waals surface area contributed by atoms with Crippen molar-refractivity contribution in [3.8, 4) is 11.5 Å². The first-order valence-corrected chi connectivity index (χ1v) is 19.6. The minimum atomic E-state index is -1.79. The number of carboxylic acids is 2. The van der Waals surface area contributed by atoms with E-state index >= 15 is 0 Å². The summed E-state index contributed by atoms with van der Waals surface area (Å²) < 4.78 is 0.622. The topological polar surface area (TPSA) is 276 Å². The van der Waals surface area contributed by atoms with Crippen molar-refractivity contribution >= 4 is 80.9 Å². The Morgan fingerprint density at radius 3 is 2.38 bits per heavy atom. The number of nitrogen functional groups attached to an aromatic ring is 1. The number of halogens is 1. The number of phenols is 2. The molecule has 5 aliphatic rings. The van der Waals surface area contributed by atoms with E-state index in [9.17, 15) is 44.4 Å². The normalized spacial score (nSPS) is 24.9. The number of amides is 3. The number of aromatic hydroxyl groups is 2. The van der Waals surface area contributed by atoms with Gasteiger partial charge < -0.3 is 51.0 Å². The highest BCUT2D eigenvalue weighted by molar-refractivity contribution is 8.00. The highest BCUT2D eigenvalue weighted by Gasteiger charge is 2.56. The second-order valence-electron chi connectivity index (χ2n) is 14.6. The van der Waals surface area contributed by atoms with Gasteiger partial charge in [0.15, 0.2) is 28.1 Å². The monoisotopic (exact) mass is 835 g/mol. The van der Waals surface area contributed by atoms with E-state index in [0.717, 1.165) is 30.6 Å². The van der Waals surface area contributed by atoms with Crippen molar-refractivity contribution in [3.63, 3.8) is 0 Å². The summed E-state index contributed by atoms with van der Waals surface area (Å²) in [6.45, 7) is 5.37. The first-order chi connectivity index (χ1) is 26.4. The molecule has 3 amide bonds. The van der Waals surface area contributed by atoms with Gasteiger partial charge in [0.25, 0.3) is 17.7 Å². The average molecular weight is 836 g/mol. The molecule has 0 saturated carbocycles. The van der Waals surface area contributed by atoms with Crippen LogP contribution in [-0.4, -0.2) is 138 Å². The molecule has 1 aromatic heterocycles. The first kappa shape index (κ1) is 40.5. The Bertz CT molecular complexity index is 2060. The fourth-order valence-electron chi connectivity index (χ4n) is 7.25. The number of anilines is 1.